The third-order valence-electron chi connectivity index (χ3n) is 3.20. The number of hydrogen-bond donors (Lipinski definition) is 1. The maximum absolute atomic E-state index is 12.2. The minimum Gasteiger partial charge on any atom is -0.497 e. The van der Waals surface area contributed by atoms with Crippen LogP contribution in [0.4, 0.5) is 0 Å². The van der Waals surface area contributed by atoms with Crippen molar-refractivity contribution in [3.8, 4) is 11.5 Å². The number of ether oxygens (including phenoxy) is 4. The molecule has 1 aromatic rings. The van der Waals surface area contributed by atoms with Crippen molar-refractivity contribution in [1.29, 1.82) is 0 Å². The maximum atomic E-state index is 12.2. The van der Waals surface area contributed by atoms with Crippen molar-refractivity contribution in [3.63, 3.8) is 0 Å². The third-order valence-corrected chi connectivity index (χ3v) is 3.20. The van der Waals surface area contributed by atoms with Crippen LogP contribution in [0.3, 0.4) is 0 Å². The van der Waals surface area contributed by atoms with Crippen LogP contribution in [0.25, 0.3) is 0 Å². The molecule has 0 aliphatic heterocycles. The summed E-state index contributed by atoms with van der Waals surface area (Å²) in [5, 5.41) is 2.34. The Bertz CT molecular complexity index is 597. The fourth-order valence-electron chi connectivity index (χ4n) is 2.05. The van der Waals surface area contributed by atoms with Crippen LogP contribution in [-0.4, -0.2) is 51.3 Å². The van der Waals surface area contributed by atoms with E-state index in [-0.39, 0.29) is 19.6 Å². The van der Waals surface area contributed by atoms with Crippen molar-refractivity contribution in [1.82, 2.24) is 5.32 Å². The third kappa shape index (κ3) is 5.98. The average Bonchev–Trinajstić information content (AvgIpc) is 2.60. The number of hydrogen-bond acceptors (Lipinski definition) is 7. The van der Waals surface area contributed by atoms with E-state index in [9.17, 15) is 14.4 Å². The van der Waals surface area contributed by atoms with Gasteiger partial charge in [0.25, 0.3) is 0 Å². The normalized spacial score (nSPS) is 10.1. The molecule has 1 N–H and O–H groups in total. The molecular weight excluding hydrogens is 330 g/mol. The van der Waals surface area contributed by atoms with Gasteiger partial charge in [-0.05, 0) is 19.9 Å². The summed E-state index contributed by atoms with van der Waals surface area (Å²) in [7, 11) is 2.99. The lowest BCUT2D eigenvalue weighted by Crippen LogP contribution is -2.48. The lowest BCUT2D eigenvalue weighted by molar-refractivity contribution is -0.159. The molecule has 0 bridgehead atoms. The number of methoxy groups -OCH3 is 2. The molecular formula is C17H23NO7. The molecule has 0 fully saturated rings. The molecule has 0 heterocycles. The zero-order valence-electron chi connectivity index (χ0n) is 14.8. The second kappa shape index (κ2) is 10.2. The van der Waals surface area contributed by atoms with Crippen LogP contribution in [0, 0.1) is 0 Å². The molecule has 138 valence electrons. The van der Waals surface area contributed by atoms with Gasteiger partial charge in [-0.1, -0.05) is 6.07 Å². The first-order valence-electron chi connectivity index (χ1n) is 7.80. The fraction of sp³-hybridized carbons (Fsp3) is 0.471. The molecule has 25 heavy (non-hydrogen) atoms. The van der Waals surface area contributed by atoms with Gasteiger partial charge in [0.05, 0.1) is 33.9 Å². The predicted molar refractivity (Wildman–Crippen MR) is 88.4 cm³/mol. The van der Waals surface area contributed by atoms with E-state index >= 15 is 0 Å². The van der Waals surface area contributed by atoms with Crippen molar-refractivity contribution >= 4 is 17.8 Å². The van der Waals surface area contributed by atoms with Crippen LogP contribution in [0.1, 0.15) is 19.4 Å². The molecule has 0 saturated carbocycles. The largest absolute Gasteiger partial charge is 0.497 e. The van der Waals surface area contributed by atoms with Crippen molar-refractivity contribution in [2.24, 2.45) is 0 Å². The number of rotatable bonds is 9. The summed E-state index contributed by atoms with van der Waals surface area (Å²) < 4.78 is 19.9. The summed E-state index contributed by atoms with van der Waals surface area (Å²) in [6.45, 7) is 3.36. The molecule has 0 radical (unpaired) electrons. The van der Waals surface area contributed by atoms with Gasteiger partial charge in [0.15, 0.2) is 0 Å². The predicted octanol–water partition coefficient (Wildman–Crippen LogP) is 0.857. The number of esters is 2. The Labute approximate surface area is 146 Å². The molecule has 8 heteroatoms. The van der Waals surface area contributed by atoms with Crippen LogP contribution >= 0.6 is 0 Å². The topological polar surface area (TPSA) is 100 Å². The molecule has 0 saturated heterocycles. The molecule has 0 atom stereocenters. The highest BCUT2D eigenvalue weighted by Crippen LogP contribution is 2.24. The molecule has 0 aromatic heterocycles. The average molecular weight is 353 g/mol. The first kappa shape index (κ1) is 20.3. The van der Waals surface area contributed by atoms with Gasteiger partial charge in [-0.15, -0.1) is 0 Å². The monoisotopic (exact) mass is 353 g/mol. The molecule has 0 unspecified atom stereocenters. The van der Waals surface area contributed by atoms with Gasteiger partial charge in [-0.2, -0.15) is 0 Å². The molecule has 1 rings (SSSR count). The second-order valence-electron chi connectivity index (χ2n) is 4.86. The van der Waals surface area contributed by atoms with Crippen LogP contribution in [0.2, 0.25) is 0 Å². The summed E-state index contributed by atoms with van der Waals surface area (Å²) in [6.07, 6.45) is -0.0948. The van der Waals surface area contributed by atoms with Gasteiger partial charge in [-0.25, -0.2) is 9.59 Å². The summed E-state index contributed by atoms with van der Waals surface area (Å²) in [6, 6.07) is 3.48. The van der Waals surface area contributed by atoms with E-state index in [2.05, 4.69) is 5.32 Å². The minimum absolute atomic E-state index is 0.0803. The highest BCUT2D eigenvalue weighted by Gasteiger charge is 2.31. The Kier molecular flexibility index (Phi) is 8.25. The standard InChI is InChI=1S/C17H23NO7/c1-5-24-16(20)15(17(21)25-6-2)18-14(19)9-11-7-8-12(22-3)10-13(11)23-4/h7-8,10,15H,5-6,9H2,1-4H3,(H,18,19). The Morgan fingerprint density at radius 3 is 2.08 bits per heavy atom. The van der Waals surface area contributed by atoms with E-state index in [1.54, 1.807) is 32.0 Å². The van der Waals surface area contributed by atoms with Crippen molar-refractivity contribution < 1.29 is 33.3 Å². The maximum Gasteiger partial charge on any atom is 0.340 e. The number of carbonyl (C=O) groups excluding carboxylic acids is 3. The van der Waals surface area contributed by atoms with Gasteiger partial charge < -0.3 is 24.3 Å². The van der Waals surface area contributed by atoms with Gasteiger partial charge in [0.1, 0.15) is 11.5 Å². The van der Waals surface area contributed by atoms with E-state index in [0.717, 1.165) is 0 Å². The van der Waals surface area contributed by atoms with Crippen molar-refractivity contribution in [2.45, 2.75) is 26.3 Å². The molecule has 1 aromatic carbocycles. The van der Waals surface area contributed by atoms with E-state index in [1.165, 1.54) is 14.2 Å². The lowest BCUT2D eigenvalue weighted by Gasteiger charge is -2.16. The molecule has 0 aliphatic rings. The number of benzene rings is 1. The summed E-state index contributed by atoms with van der Waals surface area (Å²) in [5.74, 6) is -1.24. The number of amides is 1. The zero-order chi connectivity index (χ0) is 18.8. The molecule has 0 aliphatic carbocycles. The van der Waals surface area contributed by atoms with E-state index in [4.69, 9.17) is 18.9 Å². The van der Waals surface area contributed by atoms with Crippen molar-refractivity contribution in [3.05, 3.63) is 23.8 Å². The number of carbonyl (C=O) groups is 3. The highest BCUT2D eigenvalue weighted by molar-refractivity contribution is 6.02. The minimum atomic E-state index is -1.50. The van der Waals surface area contributed by atoms with Gasteiger partial charge in [0.2, 0.25) is 11.9 Å². The lowest BCUT2D eigenvalue weighted by atomic mass is 10.1. The molecule has 8 nitrogen and oxygen atoms in total. The summed E-state index contributed by atoms with van der Waals surface area (Å²) in [5.41, 5.74) is 0.576. The van der Waals surface area contributed by atoms with Crippen LogP contribution in [0.5, 0.6) is 11.5 Å². The summed E-state index contributed by atoms with van der Waals surface area (Å²) >= 11 is 0. The van der Waals surface area contributed by atoms with Crippen LogP contribution in [-0.2, 0) is 30.3 Å². The van der Waals surface area contributed by atoms with Crippen LogP contribution < -0.4 is 14.8 Å². The van der Waals surface area contributed by atoms with Gasteiger partial charge in [-0.3, -0.25) is 4.79 Å². The SMILES string of the molecule is CCOC(=O)C(NC(=O)Cc1ccc(OC)cc1OC)C(=O)OCC. The zero-order valence-corrected chi connectivity index (χ0v) is 14.8. The van der Waals surface area contributed by atoms with E-state index in [0.29, 0.717) is 17.1 Å². The number of nitrogens with one attached hydrogen (secondary N) is 1. The first-order valence-corrected chi connectivity index (χ1v) is 7.80. The molecule has 1 amide bonds. The quantitative estimate of drug-likeness (QED) is 0.519. The highest BCUT2D eigenvalue weighted by atomic mass is 16.6. The van der Waals surface area contributed by atoms with Gasteiger partial charge >= 0.3 is 11.9 Å². The Morgan fingerprint density at radius 2 is 1.60 bits per heavy atom. The smallest absolute Gasteiger partial charge is 0.340 e. The Hall–Kier alpha value is -2.77. The van der Waals surface area contributed by atoms with Crippen LogP contribution in [0.15, 0.2) is 18.2 Å². The summed E-state index contributed by atoms with van der Waals surface area (Å²) in [4.78, 5) is 36.0. The first-order chi connectivity index (χ1) is 12.0. The second-order valence-corrected chi connectivity index (χ2v) is 4.86. The van der Waals surface area contributed by atoms with E-state index < -0.39 is 23.9 Å². The Balaban J connectivity index is 2.87. The van der Waals surface area contributed by atoms with Gasteiger partial charge in [0, 0.05) is 11.6 Å². The van der Waals surface area contributed by atoms with Crippen molar-refractivity contribution in [2.75, 3.05) is 27.4 Å². The Morgan fingerprint density at radius 1 is 1.00 bits per heavy atom. The van der Waals surface area contributed by atoms with E-state index in [1.807, 2.05) is 0 Å². The molecule has 0 spiro atoms. The fourth-order valence-corrected chi connectivity index (χ4v) is 2.05.